The third-order valence-corrected chi connectivity index (χ3v) is 2.22. The van der Waals surface area contributed by atoms with Crippen molar-refractivity contribution in [3.8, 4) is 0 Å². The Hall–Kier alpha value is -0.780. The van der Waals surface area contributed by atoms with Gasteiger partial charge in [0.25, 0.3) is 0 Å². The minimum absolute atomic E-state index is 0.191. The van der Waals surface area contributed by atoms with Gasteiger partial charge in [0.05, 0.1) is 12.0 Å². The molecule has 0 aromatic heterocycles. The Morgan fingerprint density at radius 2 is 2.21 bits per heavy atom. The molecule has 1 aliphatic rings. The van der Waals surface area contributed by atoms with E-state index < -0.39 is 24.0 Å². The molecule has 0 bridgehead atoms. The molecule has 1 heterocycles. The number of amides is 1. The van der Waals surface area contributed by atoms with Gasteiger partial charge < -0.3 is 10.1 Å². The molecule has 0 aromatic carbocycles. The second-order valence-corrected chi connectivity index (χ2v) is 3.66. The van der Waals surface area contributed by atoms with Crippen LogP contribution >= 0.6 is 0 Å². The molecule has 1 unspecified atom stereocenters. The van der Waals surface area contributed by atoms with Crippen LogP contribution < -0.4 is 5.32 Å². The third kappa shape index (κ3) is 2.87. The van der Waals surface area contributed by atoms with E-state index in [-0.39, 0.29) is 6.61 Å². The maximum absolute atomic E-state index is 11.8. The van der Waals surface area contributed by atoms with Crippen LogP contribution in [-0.4, -0.2) is 31.8 Å². The van der Waals surface area contributed by atoms with Crippen LogP contribution in [0.3, 0.4) is 0 Å². The van der Waals surface area contributed by atoms with E-state index in [0.717, 1.165) is 0 Å². The second kappa shape index (κ2) is 3.76. The van der Waals surface area contributed by atoms with Crippen molar-refractivity contribution < 1.29 is 22.7 Å². The minimum atomic E-state index is -4.36. The van der Waals surface area contributed by atoms with Crippen LogP contribution in [0.2, 0.25) is 0 Å². The third-order valence-electron chi connectivity index (χ3n) is 2.22. The van der Waals surface area contributed by atoms with E-state index in [2.05, 4.69) is 0 Å². The van der Waals surface area contributed by atoms with Gasteiger partial charge in [-0.1, -0.05) is 0 Å². The first-order chi connectivity index (χ1) is 6.33. The lowest BCUT2D eigenvalue weighted by atomic mass is 9.89. The summed E-state index contributed by atoms with van der Waals surface area (Å²) in [6, 6.07) is 0. The van der Waals surface area contributed by atoms with Crippen LogP contribution in [0.4, 0.5) is 13.2 Å². The summed E-state index contributed by atoms with van der Waals surface area (Å²) in [5.74, 6) is -0.590. The lowest BCUT2D eigenvalue weighted by Gasteiger charge is -2.20. The number of hydrogen-bond donors (Lipinski definition) is 1. The summed E-state index contributed by atoms with van der Waals surface area (Å²) >= 11 is 0. The number of hydrogen-bond acceptors (Lipinski definition) is 2. The Labute approximate surface area is 79.6 Å². The van der Waals surface area contributed by atoms with Crippen molar-refractivity contribution in [2.45, 2.75) is 19.5 Å². The number of nitrogens with one attached hydrogen (secondary N) is 1. The highest BCUT2D eigenvalue weighted by atomic mass is 19.4. The van der Waals surface area contributed by atoms with Crippen molar-refractivity contribution in [2.24, 2.45) is 5.41 Å². The van der Waals surface area contributed by atoms with E-state index in [0.29, 0.717) is 13.0 Å². The van der Waals surface area contributed by atoms with Crippen molar-refractivity contribution in [1.82, 2.24) is 5.32 Å². The van der Waals surface area contributed by atoms with Crippen molar-refractivity contribution in [1.29, 1.82) is 0 Å². The fourth-order valence-corrected chi connectivity index (χ4v) is 1.24. The zero-order chi connectivity index (χ0) is 10.8. The largest absolute Gasteiger partial charge is 0.405 e. The zero-order valence-electron chi connectivity index (χ0n) is 7.78. The summed E-state index contributed by atoms with van der Waals surface area (Å²) in [5.41, 5.74) is -0.800. The molecule has 0 spiro atoms. The molecule has 1 amide bonds. The summed E-state index contributed by atoms with van der Waals surface area (Å²) in [4.78, 5) is 11.3. The van der Waals surface area contributed by atoms with Crippen molar-refractivity contribution in [2.75, 3.05) is 19.8 Å². The molecular weight excluding hydrogens is 199 g/mol. The maximum Gasteiger partial charge on any atom is 0.405 e. The Kier molecular flexibility index (Phi) is 3.04. The Bertz CT molecular complexity index is 221. The minimum Gasteiger partial charge on any atom is -0.380 e. The second-order valence-electron chi connectivity index (χ2n) is 3.66. The van der Waals surface area contributed by atoms with E-state index in [1.165, 1.54) is 0 Å². The highest BCUT2D eigenvalue weighted by Crippen LogP contribution is 2.28. The van der Waals surface area contributed by atoms with Gasteiger partial charge in [0.1, 0.15) is 6.54 Å². The van der Waals surface area contributed by atoms with Crippen LogP contribution in [0.1, 0.15) is 13.3 Å². The molecule has 82 valence electrons. The molecule has 1 atom stereocenters. The molecule has 0 aliphatic carbocycles. The van der Waals surface area contributed by atoms with Crippen LogP contribution in [0, 0.1) is 5.41 Å². The molecule has 0 radical (unpaired) electrons. The average Bonchev–Trinajstić information content (AvgIpc) is 2.48. The quantitative estimate of drug-likeness (QED) is 0.742. The summed E-state index contributed by atoms with van der Waals surface area (Å²) in [6.07, 6.45) is -3.89. The normalized spacial score (nSPS) is 27.7. The van der Waals surface area contributed by atoms with Gasteiger partial charge in [-0.15, -0.1) is 0 Å². The Morgan fingerprint density at radius 3 is 2.64 bits per heavy atom. The molecule has 6 heteroatoms. The van der Waals surface area contributed by atoms with Crippen LogP contribution in [0.25, 0.3) is 0 Å². The highest BCUT2D eigenvalue weighted by molar-refractivity contribution is 5.82. The van der Waals surface area contributed by atoms with E-state index in [1.807, 2.05) is 5.32 Å². The predicted octanol–water partition coefficient (Wildman–Crippen LogP) is 1.09. The van der Waals surface area contributed by atoms with Crippen LogP contribution in [0.15, 0.2) is 0 Å². The summed E-state index contributed by atoms with van der Waals surface area (Å²) in [6.45, 7) is 0.944. The van der Waals surface area contributed by atoms with E-state index in [4.69, 9.17) is 4.74 Å². The number of carbonyl (C=O) groups is 1. The molecule has 0 saturated carbocycles. The van der Waals surface area contributed by atoms with Gasteiger partial charge in [-0.25, -0.2) is 0 Å². The zero-order valence-corrected chi connectivity index (χ0v) is 7.78. The van der Waals surface area contributed by atoms with Gasteiger partial charge >= 0.3 is 6.18 Å². The topological polar surface area (TPSA) is 38.3 Å². The van der Waals surface area contributed by atoms with Gasteiger partial charge in [0, 0.05) is 6.61 Å². The summed E-state index contributed by atoms with van der Waals surface area (Å²) in [7, 11) is 0. The van der Waals surface area contributed by atoms with E-state index in [9.17, 15) is 18.0 Å². The summed E-state index contributed by atoms with van der Waals surface area (Å²) < 4.78 is 40.3. The summed E-state index contributed by atoms with van der Waals surface area (Å²) in [5, 5.41) is 1.86. The first-order valence-electron chi connectivity index (χ1n) is 4.26. The fourth-order valence-electron chi connectivity index (χ4n) is 1.24. The monoisotopic (exact) mass is 211 g/mol. The molecular formula is C8H12F3NO2. The van der Waals surface area contributed by atoms with E-state index >= 15 is 0 Å². The van der Waals surface area contributed by atoms with E-state index in [1.54, 1.807) is 6.92 Å². The highest BCUT2D eigenvalue weighted by Gasteiger charge is 2.39. The van der Waals surface area contributed by atoms with Crippen molar-refractivity contribution >= 4 is 5.91 Å². The van der Waals surface area contributed by atoms with Gasteiger partial charge in [0.15, 0.2) is 0 Å². The molecule has 1 N–H and O–H groups in total. The first-order valence-corrected chi connectivity index (χ1v) is 4.26. The lowest BCUT2D eigenvalue weighted by molar-refractivity contribution is -0.144. The molecule has 1 fully saturated rings. The lowest BCUT2D eigenvalue weighted by Crippen LogP contribution is -2.43. The van der Waals surface area contributed by atoms with Gasteiger partial charge in [-0.2, -0.15) is 13.2 Å². The standard InChI is InChI=1S/C8H12F3NO2/c1-7(2-3-14-5-7)6(13)12-4-8(9,10)11/h2-5H2,1H3,(H,12,13). The first kappa shape index (κ1) is 11.3. The predicted molar refractivity (Wildman–Crippen MR) is 42.6 cm³/mol. The molecule has 1 rings (SSSR count). The SMILES string of the molecule is CC1(C(=O)NCC(F)(F)F)CCOC1. The number of rotatable bonds is 2. The van der Waals surface area contributed by atoms with Gasteiger partial charge in [-0.3, -0.25) is 4.79 Å². The van der Waals surface area contributed by atoms with Gasteiger partial charge in [-0.05, 0) is 13.3 Å². The number of halogens is 3. The van der Waals surface area contributed by atoms with Crippen molar-refractivity contribution in [3.05, 3.63) is 0 Å². The number of alkyl halides is 3. The maximum atomic E-state index is 11.8. The molecule has 1 saturated heterocycles. The fraction of sp³-hybridized carbons (Fsp3) is 0.875. The van der Waals surface area contributed by atoms with Crippen LogP contribution in [-0.2, 0) is 9.53 Å². The molecule has 1 aliphatic heterocycles. The Balaban J connectivity index is 2.42. The number of carbonyl (C=O) groups excluding carboxylic acids is 1. The average molecular weight is 211 g/mol. The molecule has 0 aromatic rings. The molecule has 14 heavy (non-hydrogen) atoms. The van der Waals surface area contributed by atoms with Crippen molar-refractivity contribution in [3.63, 3.8) is 0 Å². The van der Waals surface area contributed by atoms with Gasteiger partial charge in [0.2, 0.25) is 5.91 Å². The smallest absolute Gasteiger partial charge is 0.380 e. The molecule has 3 nitrogen and oxygen atoms in total. The van der Waals surface area contributed by atoms with Crippen LogP contribution in [0.5, 0.6) is 0 Å². The Morgan fingerprint density at radius 1 is 1.57 bits per heavy atom. The number of ether oxygens (including phenoxy) is 1.